The first-order valence-corrected chi connectivity index (χ1v) is 6.88. The average Bonchev–Trinajstić information content (AvgIpc) is 2.81. The van der Waals surface area contributed by atoms with Gasteiger partial charge < -0.3 is 10.3 Å². The molecule has 0 atom stereocenters. The van der Waals surface area contributed by atoms with E-state index in [4.69, 9.17) is 0 Å². The zero-order valence-electron chi connectivity index (χ0n) is 12.3. The van der Waals surface area contributed by atoms with Crippen molar-refractivity contribution in [3.63, 3.8) is 0 Å². The molecule has 0 saturated carbocycles. The number of imidazole rings is 1. The van der Waals surface area contributed by atoms with Crippen molar-refractivity contribution in [2.45, 2.75) is 20.8 Å². The number of fused-ring (bicyclic) bond motifs is 1. The van der Waals surface area contributed by atoms with Crippen LogP contribution in [0.5, 0.6) is 0 Å². The lowest BCUT2D eigenvalue weighted by molar-refractivity contribution is 0.102. The molecule has 1 aromatic heterocycles. The molecule has 1 amide bonds. The molecule has 3 aromatic rings. The monoisotopic (exact) mass is 279 g/mol. The van der Waals surface area contributed by atoms with Gasteiger partial charge in [0.1, 0.15) is 5.82 Å². The number of nitrogens with one attached hydrogen (secondary N) is 2. The maximum Gasteiger partial charge on any atom is 0.255 e. The van der Waals surface area contributed by atoms with Crippen molar-refractivity contribution < 1.29 is 4.79 Å². The highest BCUT2D eigenvalue weighted by Crippen LogP contribution is 2.19. The molecular weight excluding hydrogens is 262 g/mol. The van der Waals surface area contributed by atoms with Crippen LogP contribution in [0.3, 0.4) is 0 Å². The summed E-state index contributed by atoms with van der Waals surface area (Å²) in [6.07, 6.45) is 0. The molecule has 21 heavy (non-hydrogen) atoms. The summed E-state index contributed by atoms with van der Waals surface area (Å²) in [7, 11) is 0. The van der Waals surface area contributed by atoms with Crippen LogP contribution >= 0.6 is 0 Å². The highest BCUT2D eigenvalue weighted by Gasteiger charge is 2.10. The van der Waals surface area contributed by atoms with Crippen molar-refractivity contribution in [1.82, 2.24) is 9.97 Å². The first-order chi connectivity index (χ1) is 10.0. The van der Waals surface area contributed by atoms with E-state index < -0.39 is 0 Å². The lowest BCUT2D eigenvalue weighted by Gasteiger charge is -2.09. The normalized spacial score (nSPS) is 10.8. The number of aryl methyl sites for hydroxylation is 3. The minimum Gasteiger partial charge on any atom is -0.342 e. The van der Waals surface area contributed by atoms with Crippen molar-refractivity contribution in [1.29, 1.82) is 0 Å². The van der Waals surface area contributed by atoms with Crippen molar-refractivity contribution in [3.05, 3.63) is 58.9 Å². The lowest BCUT2D eigenvalue weighted by atomic mass is 10.1. The Balaban J connectivity index is 1.91. The van der Waals surface area contributed by atoms with Gasteiger partial charge in [-0.25, -0.2) is 4.98 Å². The first kappa shape index (κ1) is 13.4. The largest absolute Gasteiger partial charge is 0.342 e. The fourth-order valence-corrected chi connectivity index (χ4v) is 2.34. The zero-order chi connectivity index (χ0) is 15.0. The van der Waals surface area contributed by atoms with Gasteiger partial charge in [0.15, 0.2) is 0 Å². The van der Waals surface area contributed by atoms with Gasteiger partial charge in [0, 0.05) is 11.3 Å². The predicted molar refractivity (Wildman–Crippen MR) is 84.7 cm³/mol. The zero-order valence-corrected chi connectivity index (χ0v) is 12.3. The SMILES string of the molecule is Cc1ccc(C)c(NC(=O)c2ccc3nc(C)[nH]c3c2)c1. The lowest BCUT2D eigenvalue weighted by Crippen LogP contribution is -2.12. The number of rotatable bonds is 2. The van der Waals surface area contributed by atoms with Crippen LogP contribution in [-0.2, 0) is 0 Å². The van der Waals surface area contributed by atoms with Crippen molar-refractivity contribution in [2.75, 3.05) is 5.32 Å². The molecule has 0 bridgehead atoms. The van der Waals surface area contributed by atoms with Gasteiger partial charge in [0.25, 0.3) is 5.91 Å². The average molecular weight is 279 g/mol. The van der Waals surface area contributed by atoms with E-state index >= 15 is 0 Å². The Kier molecular flexibility index (Phi) is 3.22. The Morgan fingerprint density at radius 2 is 1.90 bits per heavy atom. The molecule has 0 aliphatic heterocycles. The number of aromatic nitrogens is 2. The van der Waals surface area contributed by atoms with E-state index in [0.717, 1.165) is 33.7 Å². The molecule has 0 radical (unpaired) electrons. The second-order valence-corrected chi connectivity index (χ2v) is 5.33. The molecule has 3 rings (SSSR count). The van der Waals surface area contributed by atoms with E-state index in [0.29, 0.717) is 5.56 Å². The van der Waals surface area contributed by atoms with E-state index in [9.17, 15) is 4.79 Å². The molecule has 1 heterocycles. The van der Waals surface area contributed by atoms with Gasteiger partial charge in [0.2, 0.25) is 0 Å². The van der Waals surface area contributed by atoms with Crippen LogP contribution in [-0.4, -0.2) is 15.9 Å². The fraction of sp³-hybridized carbons (Fsp3) is 0.176. The summed E-state index contributed by atoms with van der Waals surface area (Å²) in [5.41, 5.74) is 5.38. The summed E-state index contributed by atoms with van der Waals surface area (Å²) in [5, 5.41) is 2.97. The predicted octanol–water partition coefficient (Wildman–Crippen LogP) is 3.74. The van der Waals surface area contributed by atoms with Crippen molar-refractivity contribution >= 4 is 22.6 Å². The number of carbonyl (C=O) groups is 1. The topological polar surface area (TPSA) is 57.8 Å². The van der Waals surface area contributed by atoms with Crippen LogP contribution in [0.15, 0.2) is 36.4 Å². The summed E-state index contributed by atoms with van der Waals surface area (Å²) in [5.74, 6) is 0.731. The summed E-state index contributed by atoms with van der Waals surface area (Å²) in [6, 6.07) is 11.5. The molecular formula is C17H17N3O. The molecule has 0 fully saturated rings. The molecule has 2 N–H and O–H groups in total. The minimum atomic E-state index is -0.113. The van der Waals surface area contributed by atoms with E-state index in [1.54, 1.807) is 6.07 Å². The fourth-order valence-electron chi connectivity index (χ4n) is 2.34. The number of hydrogen-bond acceptors (Lipinski definition) is 2. The van der Waals surface area contributed by atoms with Crippen LogP contribution in [0.4, 0.5) is 5.69 Å². The van der Waals surface area contributed by atoms with E-state index in [-0.39, 0.29) is 5.91 Å². The smallest absolute Gasteiger partial charge is 0.255 e. The molecule has 4 heteroatoms. The van der Waals surface area contributed by atoms with Crippen molar-refractivity contribution in [2.24, 2.45) is 0 Å². The summed E-state index contributed by atoms with van der Waals surface area (Å²) in [4.78, 5) is 19.9. The third kappa shape index (κ3) is 2.65. The third-order valence-corrected chi connectivity index (χ3v) is 3.50. The number of H-pyrrole nitrogens is 1. The Bertz CT molecular complexity index is 833. The molecule has 0 aliphatic carbocycles. The molecule has 4 nitrogen and oxygen atoms in total. The standard InChI is InChI=1S/C17H17N3O/c1-10-4-5-11(2)15(8-10)20-17(21)13-6-7-14-16(9-13)19-12(3)18-14/h4-9H,1-3H3,(H,18,19)(H,20,21). The number of anilines is 1. The van der Waals surface area contributed by atoms with Gasteiger partial charge in [-0.2, -0.15) is 0 Å². The van der Waals surface area contributed by atoms with E-state index in [2.05, 4.69) is 15.3 Å². The van der Waals surface area contributed by atoms with Crippen LogP contribution in [0.25, 0.3) is 11.0 Å². The number of amides is 1. The highest BCUT2D eigenvalue weighted by molar-refractivity contribution is 6.06. The quantitative estimate of drug-likeness (QED) is 0.750. The van der Waals surface area contributed by atoms with Crippen molar-refractivity contribution in [3.8, 4) is 0 Å². The van der Waals surface area contributed by atoms with Gasteiger partial charge in [-0.15, -0.1) is 0 Å². The molecule has 0 aliphatic rings. The second-order valence-electron chi connectivity index (χ2n) is 5.33. The van der Waals surface area contributed by atoms with E-state index in [1.807, 2.05) is 51.1 Å². The maximum absolute atomic E-state index is 12.4. The third-order valence-electron chi connectivity index (χ3n) is 3.50. The van der Waals surface area contributed by atoms with Crippen LogP contribution < -0.4 is 5.32 Å². The Morgan fingerprint density at radius 1 is 1.10 bits per heavy atom. The van der Waals surface area contributed by atoms with E-state index in [1.165, 1.54) is 0 Å². The Hall–Kier alpha value is -2.62. The minimum absolute atomic E-state index is 0.113. The molecule has 106 valence electrons. The molecule has 0 saturated heterocycles. The second kappa shape index (κ2) is 5.05. The van der Waals surface area contributed by atoms with Crippen LogP contribution in [0.1, 0.15) is 27.3 Å². The summed E-state index contributed by atoms with van der Waals surface area (Å²) in [6.45, 7) is 5.89. The number of aromatic amines is 1. The Morgan fingerprint density at radius 3 is 2.71 bits per heavy atom. The van der Waals surface area contributed by atoms with Gasteiger partial charge in [-0.05, 0) is 56.2 Å². The highest BCUT2D eigenvalue weighted by atomic mass is 16.1. The number of benzene rings is 2. The van der Waals surface area contributed by atoms with Crippen LogP contribution in [0, 0.1) is 20.8 Å². The molecule has 2 aromatic carbocycles. The van der Waals surface area contributed by atoms with Crippen LogP contribution in [0.2, 0.25) is 0 Å². The van der Waals surface area contributed by atoms with Gasteiger partial charge in [0.05, 0.1) is 11.0 Å². The number of nitrogens with zero attached hydrogens (tertiary/aromatic N) is 1. The molecule has 0 spiro atoms. The van der Waals surface area contributed by atoms with Gasteiger partial charge in [-0.3, -0.25) is 4.79 Å². The summed E-state index contributed by atoms with van der Waals surface area (Å²) < 4.78 is 0. The van der Waals surface area contributed by atoms with Gasteiger partial charge >= 0.3 is 0 Å². The van der Waals surface area contributed by atoms with Gasteiger partial charge in [-0.1, -0.05) is 12.1 Å². The maximum atomic E-state index is 12.4. The number of carbonyl (C=O) groups excluding carboxylic acids is 1. The first-order valence-electron chi connectivity index (χ1n) is 6.88. The summed E-state index contributed by atoms with van der Waals surface area (Å²) >= 11 is 0. The molecule has 0 unspecified atom stereocenters. The number of hydrogen-bond donors (Lipinski definition) is 2. The Labute approximate surface area is 123 Å².